The molecule has 2 aromatic heterocycles. The highest BCUT2D eigenvalue weighted by Crippen LogP contribution is 2.26. The number of thiazole rings is 1. The van der Waals surface area contributed by atoms with Crippen LogP contribution in [0.15, 0.2) is 35.4 Å². The van der Waals surface area contributed by atoms with Gasteiger partial charge in [-0.05, 0) is 44.0 Å². The van der Waals surface area contributed by atoms with Gasteiger partial charge in [-0.25, -0.2) is 13.4 Å². The number of nitrogens with one attached hydrogen (secondary N) is 1. The third-order valence-electron chi connectivity index (χ3n) is 4.67. The zero-order chi connectivity index (χ0) is 19.2. The lowest BCUT2D eigenvalue weighted by Crippen LogP contribution is -2.27. The van der Waals surface area contributed by atoms with Crippen molar-refractivity contribution in [1.82, 2.24) is 13.9 Å². The molecule has 1 aromatic carbocycles. The van der Waals surface area contributed by atoms with Crippen LogP contribution in [-0.4, -0.2) is 41.3 Å². The molecule has 3 aromatic rings. The molecular formula is C18H20N4O3S2. The maximum absolute atomic E-state index is 12.7. The number of aryl methyl sites for hydroxylation is 2. The molecule has 9 heteroatoms. The van der Waals surface area contributed by atoms with Crippen molar-refractivity contribution in [2.24, 2.45) is 7.05 Å². The number of hydrogen-bond donors (Lipinski definition) is 1. The fraction of sp³-hybridized carbons (Fsp3) is 0.333. The van der Waals surface area contributed by atoms with Crippen molar-refractivity contribution in [1.29, 1.82) is 0 Å². The summed E-state index contributed by atoms with van der Waals surface area (Å²) in [7, 11) is -1.87. The summed E-state index contributed by atoms with van der Waals surface area (Å²) in [5.74, 6) is -0.346. The number of aromatic nitrogens is 2. The molecule has 0 bridgehead atoms. The van der Waals surface area contributed by atoms with Crippen LogP contribution in [0.25, 0.3) is 10.2 Å². The monoisotopic (exact) mass is 404 g/mol. The van der Waals surface area contributed by atoms with Crippen LogP contribution in [0.2, 0.25) is 0 Å². The van der Waals surface area contributed by atoms with E-state index < -0.39 is 10.0 Å². The lowest BCUT2D eigenvalue weighted by molar-refractivity contribution is 0.101. The Morgan fingerprint density at radius 3 is 2.70 bits per heavy atom. The number of amides is 1. The fourth-order valence-electron chi connectivity index (χ4n) is 3.29. The van der Waals surface area contributed by atoms with E-state index in [9.17, 15) is 13.2 Å². The zero-order valence-corrected chi connectivity index (χ0v) is 16.7. The maximum atomic E-state index is 12.7. The molecule has 1 N–H and O–H groups in total. The average molecular weight is 405 g/mol. The highest BCUT2D eigenvalue weighted by atomic mass is 32.2. The predicted octanol–water partition coefficient (Wildman–Crippen LogP) is 2.98. The van der Waals surface area contributed by atoms with Crippen LogP contribution in [0.5, 0.6) is 0 Å². The molecule has 1 aliphatic rings. The molecule has 142 valence electrons. The van der Waals surface area contributed by atoms with E-state index in [0.29, 0.717) is 24.5 Å². The Bertz CT molecular complexity index is 1120. The van der Waals surface area contributed by atoms with Crippen LogP contribution >= 0.6 is 11.3 Å². The summed E-state index contributed by atoms with van der Waals surface area (Å²) in [4.78, 5) is 17.2. The number of rotatable bonds is 4. The smallest absolute Gasteiger partial charge is 0.272 e. The molecule has 7 nitrogen and oxygen atoms in total. The number of sulfonamides is 1. The highest BCUT2D eigenvalue weighted by molar-refractivity contribution is 7.89. The molecule has 0 aliphatic carbocycles. The maximum Gasteiger partial charge on any atom is 0.272 e. The number of benzene rings is 1. The molecular weight excluding hydrogens is 384 g/mol. The molecule has 0 spiro atoms. The van der Waals surface area contributed by atoms with Crippen molar-refractivity contribution in [2.45, 2.75) is 24.7 Å². The summed E-state index contributed by atoms with van der Waals surface area (Å²) in [5, 5.41) is 3.81. The second-order valence-corrected chi connectivity index (χ2v) is 9.83. The highest BCUT2D eigenvalue weighted by Gasteiger charge is 2.29. The summed E-state index contributed by atoms with van der Waals surface area (Å²) in [6, 6.07) is 6.98. The van der Waals surface area contributed by atoms with Gasteiger partial charge in [-0.15, -0.1) is 11.3 Å². The summed E-state index contributed by atoms with van der Waals surface area (Å²) in [5.41, 5.74) is 1.85. The van der Waals surface area contributed by atoms with E-state index in [1.54, 1.807) is 29.0 Å². The third-order valence-corrected chi connectivity index (χ3v) is 7.47. The lowest BCUT2D eigenvalue weighted by atomic mass is 10.3. The van der Waals surface area contributed by atoms with Crippen LogP contribution in [0.1, 0.15) is 28.3 Å². The van der Waals surface area contributed by atoms with Gasteiger partial charge in [-0.2, -0.15) is 4.31 Å². The summed E-state index contributed by atoms with van der Waals surface area (Å²) >= 11 is 1.56. The molecule has 3 heterocycles. The Morgan fingerprint density at radius 1 is 1.22 bits per heavy atom. The standard InChI is InChI=1S/C18H20N4O3S2/c1-12-19-15-6-5-13(9-17(15)26-12)20-18(23)16-10-14(11-21(16)2)27(24,25)22-7-3-4-8-22/h5-6,9-11H,3-4,7-8H2,1-2H3,(H,20,23). The Morgan fingerprint density at radius 2 is 1.96 bits per heavy atom. The molecule has 0 radical (unpaired) electrons. The van der Waals surface area contributed by atoms with Crippen LogP contribution < -0.4 is 5.32 Å². The van der Waals surface area contributed by atoms with Crippen LogP contribution in [0, 0.1) is 6.92 Å². The van der Waals surface area contributed by atoms with Gasteiger partial charge in [0.25, 0.3) is 5.91 Å². The molecule has 0 unspecified atom stereocenters. The number of carbonyl (C=O) groups is 1. The largest absolute Gasteiger partial charge is 0.345 e. The second-order valence-electron chi connectivity index (χ2n) is 6.65. The second kappa shape index (κ2) is 6.74. The number of hydrogen-bond acceptors (Lipinski definition) is 5. The first-order valence-corrected chi connectivity index (χ1v) is 11.0. The molecule has 1 saturated heterocycles. The van der Waals surface area contributed by atoms with Gasteiger partial charge in [0.2, 0.25) is 10.0 Å². The van der Waals surface area contributed by atoms with Gasteiger partial charge in [0.15, 0.2) is 0 Å². The van der Waals surface area contributed by atoms with E-state index in [4.69, 9.17) is 0 Å². The number of anilines is 1. The van der Waals surface area contributed by atoms with E-state index in [0.717, 1.165) is 28.1 Å². The zero-order valence-electron chi connectivity index (χ0n) is 15.1. The average Bonchev–Trinajstić information content (AvgIpc) is 3.32. The van der Waals surface area contributed by atoms with Gasteiger partial charge in [0.05, 0.1) is 15.2 Å². The van der Waals surface area contributed by atoms with Gasteiger partial charge in [-0.1, -0.05) is 0 Å². The third kappa shape index (κ3) is 3.38. The van der Waals surface area contributed by atoms with E-state index in [2.05, 4.69) is 10.3 Å². The number of nitrogens with zero attached hydrogens (tertiary/aromatic N) is 3. The van der Waals surface area contributed by atoms with E-state index in [1.807, 2.05) is 19.1 Å². The Kier molecular flexibility index (Phi) is 4.53. The molecule has 0 atom stereocenters. The molecule has 1 aliphatic heterocycles. The lowest BCUT2D eigenvalue weighted by Gasteiger charge is -2.13. The van der Waals surface area contributed by atoms with Crippen molar-refractivity contribution in [3.8, 4) is 0 Å². The number of carbonyl (C=O) groups excluding carboxylic acids is 1. The minimum Gasteiger partial charge on any atom is -0.345 e. The first kappa shape index (κ1) is 18.1. The van der Waals surface area contributed by atoms with Gasteiger partial charge in [0, 0.05) is 32.0 Å². The number of fused-ring (bicyclic) bond motifs is 1. The topological polar surface area (TPSA) is 84.3 Å². The summed E-state index contributed by atoms with van der Waals surface area (Å²) in [6.45, 7) is 3.01. The SMILES string of the molecule is Cc1nc2ccc(NC(=O)c3cc(S(=O)(=O)N4CCCC4)cn3C)cc2s1. The Labute approximate surface area is 161 Å². The van der Waals surface area contributed by atoms with Crippen molar-refractivity contribution in [2.75, 3.05) is 18.4 Å². The molecule has 1 amide bonds. The quantitative estimate of drug-likeness (QED) is 0.724. The molecule has 0 saturated carbocycles. The van der Waals surface area contributed by atoms with Crippen molar-refractivity contribution >= 4 is 43.2 Å². The van der Waals surface area contributed by atoms with Crippen LogP contribution in [-0.2, 0) is 17.1 Å². The normalized spacial score (nSPS) is 15.5. The van der Waals surface area contributed by atoms with Crippen molar-refractivity contribution < 1.29 is 13.2 Å². The molecule has 4 rings (SSSR count). The molecule has 1 fully saturated rings. The Hall–Kier alpha value is -2.23. The first-order chi connectivity index (χ1) is 12.8. The summed E-state index contributed by atoms with van der Waals surface area (Å²) in [6.07, 6.45) is 3.25. The van der Waals surface area contributed by atoms with Gasteiger partial charge in [-0.3, -0.25) is 4.79 Å². The van der Waals surface area contributed by atoms with E-state index in [1.165, 1.54) is 16.6 Å². The van der Waals surface area contributed by atoms with E-state index in [-0.39, 0.29) is 10.8 Å². The fourth-order valence-corrected chi connectivity index (χ4v) is 5.75. The van der Waals surface area contributed by atoms with Crippen LogP contribution in [0.3, 0.4) is 0 Å². The van der Waals surface area contributed by atoms with Crippen molar-refractivity contribution in [3.05, 3.63) is 41.2 Å². The Balaban J connectivity index is 1.59. The minimum atomic E-state index is -3.55. The van der Waals surface area contributed by atoms with E-state index >= 15 is 0 Å². The predicted molar refractivity (Wildman–Crippen MR) is 106 cm³/mol. The van der Waals surface area contributed by atoms with Gasteiger partial charge >= 0.3 is 0 Å². The van der Waals surface area contributed by atoms with Crippen LogP contribution in [0.4, 0.5) is 5.69 Å². The van der Waals surface area contributed by atoms with Crippen molar-refractivity contribution in [3.63, 3.8) is 0 Å². The van der Waals surface area contributed by atoms with Gasteiger partial charge in [0.1, 0.15) is 10.6 Å². The minimum absolute atomic E-state index is 0.158. The summed E-state index contributed by atoms with van der Waals surface area (Å²) < 4.78 is 29.4. The first-order valence-electron chi connectivity index (χ1n) is 8.70. The molecule has 27 heavy (non-hydrogen) atoms. The van der Waals surface area contributed by atoms with Gasteiger partial charge < -0.3 is 9.88 Å².